The molecule has 0 fully saturated rings. The summed E-state index contributed by atoms with van der Waals surface area (Å²) < 4.78 is 29.6. The van der Waals surface area contributed by atoms with Crippen molar-refractivity contribution in [3.63, 3.8) is 0 Å². The quantitative estimate of drug-likeness (QED) is 0.188. The molecule has 0 heterocycles. The summed E-state index contributed by atoms with van der Waals surface area (Å²) in [7, 11) is -4.22. The van der Waals surface area contributed by atoms with Crippen molar-refractivity contribution in [1.29, 1.82) is 0 Å². The van der Waals surface area contributed by atoms with E-state index < -0.39 is 28.5 Å². The molecule has 45 heavy (non-hydrogen) atoms. The van der Waals surface area contributed by atoms with Crippen molar-refractivity contribution >= 4 is 39.1 Å². The van der Waals surface area contributed by atoms with Crippen molar-refractivity contribution in [2.45, 2.75) is 64.6 Å². The minimum atomic E-state index is -4.22. The molecule has 0 aliphatic rings. The zero-order valence-electron chi connectivity index (χ0n) is 26.3. The van der Waals surface area contributed by atoms with Crippen molar-refractivity contribution in [2.24, 2.45) is 0 Å². The highest BCUT2D eigenvalue weighted by atomic mass is 35.5. The predicted octanol–water partition coefficient (Wildman–Crippen LogP) is 6.63. The second-order valence-corrected chi connectivity index (χ2v) is 13.8. The van der Waals surface area contributed by atoms with Gasteiger partial charge in [-0.15, -0.1) is 0 Å². The number of hydrogen-bond donors (Lipinski definition) is 1. The molecule has 0 aromatic heterocycles. The molecule has 0 spiro atoms. The lowest BCUT2D eigenvalue weighted by Gasteiger charge is -2.34. The number of carbonyl (C=O) groups is 2. The maximum Gasteiger partial charge on any atom is 0.264 e. The summed E-state index contributed by atoms with van der Waals surface area (Å²) in [5.74, 6) is -0.837. The maximum absolute atomic E-state index is 14.6. The average molecular weight is 646 g/mol. The minimum absolute atomic E-state index is 0.0455. The summed E-state index contributed by atoms with van der Waals surface area (Å²) in [6.07, 6.45) is 0.248. The molecule has 0 bridgehead atoms. The summed E-state index contributed by atoms with van der Waals surface area (Å²) >= 11 is 6.46. The van der Waals surface area contributed by atoms with Crippen LogP contribution in [0.2, 0.25) is 5.02 Å². The van der Waals surface area contributed by atoms with Crippen LogP contribution in [0.5, 0.6) is 0 Å². The van der Waals surface area contributed by atoms with Gasteiger partial charge in [-0.25, -0.2) is 8.42 Å². The Labute approximate surface area is 271 Å². The van der Waals surface area contributed by atoms with Gasteiger partial charge in [-0.2, -0.15) is 0 Å². The number of benzene rings is 4. The van der Waals surface area contributed by atoms with Gasteiger partial charge in [-0.3, -0.25) is 13.9 Å². The molecule has 4 aromatic rings. The van der Waals surface area contributed by atoms with Crippen molar-refractivity contribution < 1.29 is 18.0 Å². The van der Waals surface area contributed by atoms with Crippen LogP contribution in [0.3, 0.4) is 0 Å². The van der Waals surface area contributed by atoms with E-state index >= 15 is 0 Å². The van der Waals surface area contributed by atoms with Crippen molar-refractivity contribution in [3.05, 3.63) is 130 Å². The number of halogens is 1. The molecular formula is C36H40ClN3O4S. The Kier molecular flexibility index (Phi) is 11.1. The molecule has 0 aliphatic heterocycles. The zero-order valence-corrected chi connectivity index (χ0v) is 27.9. The Morgan fingerprint density at radius 1 is 0.822 bits per heavy atom. The first-order valence-corrected chi connectivity index (χ1v) is 16.7. The Hall–Kier alpha value is -4.14. The summed E-state index contributed by atoms with van der Waals surface area (Å²) in [4.78, 5) is 30.0. The number of rotatable bonds is 12. The van der Waals surface area contributed by atoms with Gasteiger partial charge in [-0.1, -0.05) is 90.0 Å². The van der Waals surface area contributed by atoms with E-state index in [0.29, 0.717) is 16.3 Å². The fraction of sp³-hybridized carbons (Fsp3) is 0.278. The largest absolute Gasteiger partial charge is 0.352 e. The number of anilines is 1. The first-order valence-electron chi connectivity index (χ1n) is 14.9. The normalized spacial score (nSPS) is 12.1. The van der Waals surface area contributed by atoms with Crippen molar-refractivity contribution in [1.82, 2.24) is 10.2 Å². The van der Waals surface area contributed by atoms with E-state index in [2.05, 4.69) is 5.32 Å². The molecule has 7 nitrogen and oxygen atoms in total. The molecule has 0 aliphatic carbocycles. The lowest BCUT2D eigenvalue weighted by Crippen LogP contribution is -2.54. The first-order chi connectivity index (χ1) is 21.4. The van der Waals surface area contributed by atoms with Crippen LogP contribution in [-0.2, 0) is 32.6 Å². The molecule has 1 unspecified atom stereocenters. The topological polar surface area (TPSA) is 86.8 Å². The van der Waals surface area contributed by atoms with Crippen LogP contribution in [0.1, 0.15) is 41.7 Å². The predicted molar refractivity (Wildman–Crippen MR) is 181 cm³/mol. The van der Waals surface area contributed by atoms with Crippen LogP contribution >= 0.6 is 11.6 Å². The summed E-state index contributed by atoms with van der Waals surface area (Å²) in [5, 5.41) is 3.35. The number of sulfonamides is 1. The number of hydrogen-bond acceptors (Lipinski definition) is 4. The number of nitrogens with one attached hydrogen (secondary N) is 1. The third-order valence-corrected chi connectivity index (χ3v) is 9.88. The summed E-state index contributed by atoms with van der Waals surface area (Å²) in [6, 6.07) is 27.5. The van der Waals surface area contributed by atoms with Gasteiger partial charge < -0.3 is 10.2 Å². The molecular weight excluding hydrogens is 606 g/mol. The highest BCUT2D eigenvalue weighted by Crippen LogP contribution is 2.31. The van der Waals surface area contributed by atoms with Gasteiger partial charge in [0.2, 0.25) is 11.8 Å². The van der Waals surface area contributed by atoms with Gasteiger partial charge >= 0.3 is 0 Å². The summed E-state index contributed by atoms with van der Waals surface area (Å²) in [6.45, 7) is 8.84. The first kappa shape index (κ1) is 33.7. The van der Waals surface area contributed by atoms with Crippen LogP contribution in [0.4, 0.5) is 5.69 Å². The van der Waals surface area contributed by atoms with E-state index in [-0.39, 0.29) is 29.8 Å². The van der Waals surface area contributed by atoms with Crippen molar-refractivity contribution in [3.8, 4) is 0 Å². The van der Waals surface area contributed by atoms with Crippen LogP contribution in [0, 0.1) is 20.8 Å². The van der Waals surface area contributed by atoms with Crippen LogP contribution < -0.4 is 9.62 Å². The number of aryl methyl sites for hydroxylation is 2. The van der Waals surface area contributed by atoms with E-state index in [1.807, 2.05) is 82.3 Å². The third-order valence-electron chi connectivity index (χ3n) is 7.70. The molecule has 0 radical (unpaired) electrons. The van der Waals surface area contributed by atoms with Gasteiger partial charge in [0.05, 0.1) is 10.6 Å². The van der Waals surface area contributed by atoms with Crippen LogP contribution in [0.25, 0.3) is 0 Å². The molecule has 236 valence electrons. The molecule has 0 saturated heterocycles. The van der Waals surface area contributed by atoms with E-state index in [1.54, 1.807) is 37.3 Å². The average Bonchev–Trinajstić information content (AvgIpc) is 3.00. The highest BCUT2D eigenvalue weighted by Gasteiger charge is 2.35. The van der Waals surface area contributed by atoms with Gasteiger partial charge in [-0.05, 0) is 81.1 Å². The second kappa shape index (κ2) is 14.8. The molecule has 2 amide bonds. The number of amides is 2. The SMILES string of the molecule is Cc1ccc(S(=O)(=O)N(CC(=O)N(Cc2ccccc2C)C(Cc2ccccc2)C(=O)NC(C)C)c2cccc(Cl)c2C)cc1. The molecule has 1 N–H and O–H groups in total. The van der Waals surface area contributed by atoms with Crippen LogP contribution in [-0.4, -0.2) is 43.8 Å². The molecule has 4 aromatic carbocycles. The molecule has 4 rings (SSSR count). The fourth-order valence-corrected chi connectivity index (χ4v) is 6.76. The fourth-order valence-electron chi connectivity index (χ4n) is 5.12. The minimum Gasteiger partial charge on any atom is -0.352 e. The van der Waals surface area contributed by atoms with E-state index in [1.165, 1.54) is 17.0 Å². The summed E-state index contributed by atoms with van der Waals surface area (Å²) in [5.41, 5.74) is 4.39. The van der Waals surface area contributed by atoms with E-state index in [9.17, 15) is 18.0 Å². The third kappa shape index (κ3) is 8.32. The second-order valence-electron chi connectivity index (χ2n) is 11.5. The van der Waals surface area contributed by atoms with Gasteiger partial charge in [0.25, 0.3) is 10.0 Å². The Bertz CT molecular complexity index is 1740. The monoisotopic (exact) mass is 645 g/mol. The van der Waals surface area contributed by atoms with Crippen molar-refractivity contribution in [2.75, 3.05) is 10.8 Å². The Morgan fingerprint density at radius 2 is 1.47 bits per heavy atom. The lowest BCUT2D eigenvalue weighted by atomic mass is 10.0. The standard InChI is InChI=1S/C36H40ClN3O4S/c1-25(2)38-36(42)34(22-29-13-7-6-8-14-29)39(23-30-15-10-9-12-27(30)4)35(41)24-40(33-17-11-16-32(37)28(33)5)45(43,44)31-20-18-26(3)19-21-31/h6-21,25,34H,22-24H2,1-5H3,(H,38,42). The Morgan fingerprint density at radius 3 is 2.11 bits per heavy atom. The van der Waals surface area contributed by atoms with E-state index in [4.69, 9.17) is 11.6 Å². The van der Waals surface area contributed by atoms with E-state index in [0.717, 1.165) is 26.6 Å². The zero-order chi connectivity index (χ0) is 32.7. The smallest absolute Gasteiger partial charge is 0.264 e. The molecule has 1 atom stereocenters. The maximum atomic E-state index is 14.6. The van der Waals surface area contributed by atoms with Crippen LogP contribution in [0.15, 0.2) is 102 Å². The van der Waals surface area contributed by atoms with Gasteiger partial charge in [0.1, 0.15) is 12.6 Å². The number of carbonyl (C=O) groups excluding carboxylic acids is 2. The van der Waals surface area contributed by atoms with Gasteiger partial charge in [0, 0.05) is 24.0 Å². The highest BCUT2D eigenvalue weighted by molar-refractivity contribution is 7.92. The molecule has 0 saturated carbocycles. The molecule has 9 heteroatoms. The number of nitrogens with zero attached hydrogens (tertiary/aromatic N) is 2. The lowest BCUT2D eigenvalue weighted by molar-refractivity contribution is -0.140. The van der Waals surface area contributed by atoms with Gasteiger partial charge in [0.15, 0.2) is 0 Å². The Balaban J connectivity index is 1.85.